The number of hydrogen-bond acceptors (Lipinski definition) is 2. The molecule has 0 bridgehead atoms. The minimum Gasteiger partial charge on any atom is -0.366 e. The van der Waals surface area contributed by atoms with Gasteiger partial charge in [-0.3, -0.25) is 9.69 Å². The molecule has 110 valence electrons. The third-order valence-electron chi connectivity index (χ3n) is 4.31. The van der Waals surface area contributed by atoms with Crippen LogP contribution in [0.15, 0.2) is 42.6 Å². The fourth-order valence-corrected chi connectivity index (χ4v) is 3.18. The van der Waals surface area contributed by atoms with E-state index in [9.17, 15) is 4.79 Å². The van der Waals surface area contributed by atoms with Crippen LogP contribution in [-0.2, 0) is 13.6 Å². The maximum Gasteiger partial charge on any atom is 0.248 e. The normalized spacial score (nSPS) is 19.0. The maximum absolute atomic E-state index is 11.1. The first-order valence-electron chi connectivity index (χ1n) is 7.39. The largest absolute Gasteiger partial charge is 0.366 e. The number of hydrogen-bond donors (Lipinski definition) is 1. The number of rotatable bonds is 4. The summed E-state index contributed by atoms with van der Waals surface area (Å²) in [6.07, 6.45) is 4.54. The van der Waals surface area contributed by atoms with Crippen LogP contribution in [0.3, 0.4) is 0 Å². The average Bonchev–Trinajstić information content (AvgIpc) is 3.08. The van der Waals surface area contributed by atoms with Gasteiger partial charge in [0.1, 0.15) is 0 Å². The lowest BCUT2D eigenvalue weighted by atomic mass is 10.1. The van der Waals surface area contributed by atoms with Gasteiger partial charge in [-0.2, -0.15) is 0 Å². The Labute approximate surface area is 125 Å². The van der Waals surface area contributed by atoms with Gasteiger partial charge in [-0.05, 0) is 49.2 Å². The monoisotopic (exact) mass is 283 g/mol. The van der Waals surface area contributed by atoms with Crippen LogP contribution in [-0.4, -0.2) is 21.9 Å². The Hall–Kier alpha value is -2.07. The predicted octanol–water partition coefficient (Wildman–Crippen LogP) is 2.46. The fourth-order valence-electron chi connectivity index (χ4n) is 3.18. The lowest BCUT2D eigenvalue weighted by Crippen LogP contribution is -2.24. The molecule has 4 heteroatoms. The van der Waals surface area contributed by atoms with Crippen molar-refractivity contribution in [1.29, 1.82) is 0 Å². The molecule has 0 aliphatic carbocycles. The molecule has 4 nitrogen and oxygen atoms in total. The van der Waals surface area contributed by atoms with Gasteiger partial charge in [0.05, 0.1) is 6.04 Å². The summed E-state index contributed by atoms with van der Waals surface area (Å²) >= 11 is 0. The van der Waals surface area contributed by atoms with E-state index in [1.807, 2.05) is 24.3 Å². The molecule has 2 aromatic rings. The second-order valence-electron chi connectivity index (χ2n) is 5.73. The van der Waals surface area contributed by atoms with Crippen LogP contribution in [0.2, 0.25) is 0 Å². The molecular weight excluding hydrogens is 262 g/mol. The molecule has 1 amide bonds. The van der Waals surface area contributed by atoms with Crippen LogP contribution in [0, 0.1) is 0 Å². The molecule has 1 aliphatic rings. The molecule has 1 fully saturated rings. The first-order valence-corrected chi connectivity index (χ1v) is 7.39. The molecule has 1 unspecified atom stereocenters. The SMILES string of the molecule is Cn1cccc1C1CCCN1Cc1ccc(C(N)=O)cc1. The minimum absolute atomic E-state index is 0.371. The molecule has 0 saturated carbocycles. The number of carbonyl (C=O) groups excluding carboxylic acids is 1. The summed E-state index contributed by atoms with van der Waals surface area (Å²) in [5.41, 5.74) is 8.45. The van der Waals surface area contributed by atoms with Crippen LogP contribution < -0.4 is 5.73 Å². The Balaban J connectivity index is 1.74. The number of aromatic nitrogens is 1. The first kappa shape index (κ1) is 13.9. The second kappa shape index (κ2) is 5.74. The number of benzene rings is 1. The van der Waals surface area contributed by atoms with Crippen molar-refractivity contribution in [3.8, 4) is 0 Å². The van der Waals surface area contributed by atoms with Crippen molar-refractivity contribution >= 4 is 5.91 Å². The highest BCUT2D eigenvalue weighted by molar-refractivity contribution is 5.92. The Bertz CT molecular complexity index is 630. The average molecular weight is 283 g/mol. The van der Waals surface area contributed by atoms with Crippen LogP contribution in [0.1, 0.15) is 40.5 Å². The topological polar surface area (TPSA) is 51.3 Å². The summed E-state index contributed by atoms with van der Waals surface area (Å²) in [7, 11) is 2.10. The molecule has 1 aromatic heterocycles. The van der Waals surface area contributed by atoms with Gasteiger partial charge in [0.2, 0.25) is 5.91 Å². The molecule has 2 N–H and O–H groups in total. The van der Waals surface area contributed by atoms with Crippen molar-refractivity contribution in [3.63, 3.8) is 0 Å². The molecule has 21 heavy (non-hydrogen) atoms. The Morgan fingerprint density at radius 1 is 1.29 bits per heavy atom. The Morgan fingerprint density at radius 2 is 2.05 bits per heavy atom. The molecule has 1 atom stereocenters. The lowest BCUT2D eigenvalue weighted by Gasteiger charge is -2.25. The molecule has 2 heterocycles. The third kappa shape index (κ3) is 2.85. The summed E-state index contributed by atoms with van der Waals surface area (Å²) in [5, 5.41) is 0. The fraction of sp³-hybridized carbons (Fsp3) is 0.353. The van der Waals surface area contributed by atoms with Gasteiger partial charge >= 0.3 is 0 Å². The van der Waals surface area contributed by atoms with Gasteiger partial charge in [-0.25, -0.2) is 0 Å². The zero-order chi connectivity index (χ0) is 14.8. The summed E-state index contributed by atoms with van der Waals surface area (Å²) in [6, 6.07) is 12.4. The zero-order valence-corrected chi connectivity index (χ0v) is 12.3. The highest BCUT2D eigenvalue weighted by Gasteiger charge is 2.27. The summed E-state index contributed by atoms with van der Waals surface area (Å²) in [6.45, 7) is 2.03. The molecule has 1 aromatic carbocycles. The number of amides is 1. The molecule has 1 saturated heterocycles. The summed E-state index contributed by atoms with van der Waals surface area (Å²) < 4.78 is 2.21. The van der Waals surface area contributed by atoms with E-state index in [-0.39, 0.29) is 5.91 Å². The highest BCUT2D eigenvalue weighted by atomic mass is 16.1. The van der Waals surface area contributed by atoms with Gasteiger partial charge < -0.3 is 10.3 Å². The van der Waals surface area contributed by atoms with Gasteiger partial charge in [-0.15, -0.1) is 0 Å². The van der Waals surface area contributed by atoms with Gasteiger partial charge in [0, 0.05) is 31.0 Å². The first-order chi connectivity index (χ1) is 10.1. The summed E-state index contributed by atoms with van der Waals surface area (Å²) in [4.78, 5) is 13.6. The lowest BCUT2D eigenvalue weighted by molar-refractivity contribution is 0.100. The van der Waals surface area contributed by atoms with Crippen molar-refractivity contribution in [3.05, 3.63) is 59.4 Å². The minimum atomic E-state index is -0.371. The van der Waals surface area contributed by atoms with Crippen molar-refractivity contribution in [1.82, 2.24) is 9.47 Å². The van der Waals surface area contributed by atoms with Crippen LogP contribution in [0.5, 0.6) is 0 Å². The summed E-state index contributed by atoms with van der Waals surface area (Å²) in [5.74, 6) is -0.371. The van der Waals surface area contributed by atoms with Crippen LogP contribution >= 0.6 is 0 Å². The quantitative estimate of drug-likeness (QED) is 0.937. The molecule has 0 spiro atoms. The van der Waals surface area contributed by atoms with E-state index in [1.54, 1.807) is 0 Å². The van der Waals surface area contributed by atoms with E-state index in [0.717, 1.165) is 13.1 Å². The van der Waals surface area contributed by atoms with E-state index in [0.29, 0.717) is 11.6 Å². The van der Waals surface area contributed by atoms with Crippen LogP contribution in [0.25, 0.3) is 0 Å². The molecule has 3 rings (SSSR count). The van der Waals surface area contributed by atoms with E-state index in [1.165, 1.54) is 24.1 Å². The van der Waals surface area contributed by atoms with Gasteiger partial charge in [0.25, 0.3) is 0 Å². The van der Waals surface area contributed by atoms with E-state index < -0.39 is 0 Å². The number of nitrogens with two attached hydrogens (primary N) is 1. The molecule has 1 aliphatic heterocycles. The smallest absolute Gasteiger partial charge is 0.248 e. The standard InChI is InChI=1S/C17H21N3O/c1-19-10-2-4-15(19)16-5-3-11-20(16)12-13-6-8-14(9-7-13)17(18)21/h2,4,6-10,16H,3,5,11-12H2,1H3,(H2,18,21). The molecule has 0 radical (unpaired) electrons. The number of likely N-dealkylation sites (tertiary alicyclic amines) is 1. The van der Waals surface area contributed by atoms with Crippen molar-refractivity contribution in [2.24, 2.45) is 12.8 Å². The van der Waals surface area contributed by atoms with Gasteiger partial charge in [-0.1, -0.05) is 12.1 Å². The third-order valence-corrected chi connectivity index (χ3v) is 4.31. The van der Waals surface area contributed by atoms with E-state index >= 15 is 0 Å². The Morgan fingerprint density at radius 3 is 2.67 bits per heavy atom. The second-order valence-corrected chi connectivity index (χ2v) is 5.73. The number of carbonyl (C=O) groups is 1. The number of aryl methyl sites for hydroxylation is 1. The number of nitrogens with zero attached hydrogens (tertiary/aromatic N) is 2. The van der Waals surface area contributed by atoms with Crippen molar-refractivity contribution < 1.29 is 4.79 Å². The number of primary amides is 1. The van der Waals surface area contributed by atoms with Gasteiger partial charge in [0.15, 0.2) is 0 Å². The van der Waals surface area contributed by atoms with E-state index in [2.05, 4.69) is 34.8 Å². The maximum atomic E-state index is 11.1. The highest BCUT2D eigenvalue weighted by Crippen LogP contribution is 2.33. The van der Waals surface area contributed by atoms with Crippen molar-refractivity contribution in [2.45, 2.75) is 25.4 Å². The van der Waals surface area contributed by atoms with E-state index in [4.69, 9.17) is 5.73 Å². The van der Waals surface area contributed by atoms with Crippen molar-refractivity contribution in [2.75, 3.05) is 6.54 Å². The van der Waals surface area contributed by atoms with Crippen LogP contribution in [0.4, 0.5) is 0 Å². The zero-order valence-electron chi connectivity index (χ0n) is 12.3. The molecular formula is C17H21N3O. The predicted molar refractivity (Wildman–Crippen MR) is 82.8 cm³/mol. The Kier molecular flexibility index (Phi) is 3.80.